The van der Waals surface area contributed by atoms with E-state index in [0.29, 0.717) is 29.5 Å². The van der Waals surface area contributed by atoms with Crippen LogP contribution in [-0.4, -0.2) is 56.6 Å². The summed E-state index contributed by atoms with van der Waals surface area (Å²) in [6, 6.07) is 5.85. The molecule has 1 aromatic rings. The molecule has 1 atom stereocenters. The number of ether oxygens (including phenoxy) is 3. The van der Waals surface area contributed by atoms with E-state index in [-0.39, 0.29) is 18.2 Å². The average molecular weight is 375 g/mol. The van der Waals surface area contributed by atoms with Crippen molar-refractivity contribution in [2.45, 2.75) is 12.3 Å². The molecule has 1 fully saturated rings. The molecule has 0 saturated carbocycles. The van der Waals surface area contributed by atoms with Gasteiger partial charge >= 0.3 is 0 Å². The zero-order chi connectivity index (χ0) is 18.8. The predicted octanol–water partition coefficient (Wildman–Crippen LogP) is 2.36. The molecule has 0 radical (unpaired) electrons. The number of benzene rings is 1. The second kappa shape index (κ2) is 7.48. The normalized spacial score (nSPS) is 20.5. The van der Waals surface area contributed by atoms with Gasteiger partial charge in [0.1, 0.15) is 5.75 Å². The molecule has 0 spiro atoms. The van der Waals surface area contributed by atoms with Gasteiger partial charge in [-0.2, -0.15) is 5.26 Å². The fourth-order valence-corrected chi connectivity index (χ4v) is 4.35. The molecule has 0 unspecified atom stereocenters. The average Bonchev–Trinajstić information content (AvgIpc) is 2.67. The predicted molar refractivity (Wildman–Crippen MR) is 98.0 cm³/mol. The van der Waals surface area contributed by atoms with Gasteiger partial charge in [-0.1, -0.05) is 11.8 Å². The van der Waals surface area contributed by atoms with Crippen molar-refractivity contribution in [1.29, 1.82) is 5.26 Å². The van der Waals surface area contributed by atoms with Gasteiger partial charge < -0.3 is 14.2 Å². The second-order valence-corrected chi connectivity index (χ2v) is 7.06. The Morgan fingerprint density at radius 2 is 1.81 bits per heavy atom. The van der Waals surface area contributed by atoms with Gasteiger partial charge in [-0.05, 0) is 13.1 Å². The molecular weight excluding hydrogens is 354 g/mol. The summed E-state index contributed by atoms with van der Waals surface area (Å²) in [6.45, 7) is 0.502. The van der Waals surface area contributed by atoms with Crippen LogP contribution in [0.1, 0.15) is 17.9 Å². The molecular formula is C18H21N3O4S. The van der Waals surface area contributed by atoms with Gasteiger partial charge in [0.05, 0.1) is 50.5 Å². The number of hydrogen-bond acceptors (Lipinski definition) is 7. The third-order valence-corrected chi connectivity index (χ3v) is 5.82. The monoisotopic (exact) mass is 375 g/mol. The van der Waals surface area contributed by atoms with E-state index < -0.39 is 0 Å². The molecule has 0 bridgehead atoms. The summed E-state index contributed by atoms with van der Waals surface area (Å²) in [7, 11) is 6.62. The fraction of sp³-hybridized carbons (Fsp3) is 0.444. The Bertz CT molecular complexity index is 802. The first kappa shape index (κ1) is 18.4. The molecule has 0 N–H and O–H groups in total. The topological polar surface area (TPSA) is 75.0 Å². The fourth-order valence-electron chi connectivity index (χ4n) is 3.26. The highest BCUT2D eigenvalue weighted by atomic mass is 32.2. The number of nitrogens with zero attached hydrogens (tertiary/aromatic N) is 3. The van der Waals surface area contributed by atoms with Gasteiger partial charge in [-0.15, -0.1) is 0 Å². The van der Waals surface area contributed by atoms with E-state index in [1.54, 1.807) is 38.4 Å². The van der Waals surface area contributed by atoms with Gasteiger partial charge in [0.2, 0.25) is 5.91 Å². The van der Waals surface area contributed by atoms with Gasteiger partial charge in [-0.25, -0.2) is 0 Å². The number of amides is 1. The molecule has 3 rings (SSSR count). The van der Waals surface area contributed by atoms with Gasteiger partial charge in [0.25, 0.3) is 0 Å². The molecule has 1 aromatic carbocycles. The Hall–Kier alpha value is -2.37. The first-order valence-corrected chi connectivity index (χ1v) is 9.08. The number of fused-ring (bicyclic) bond motifs is 1. The SMILES string of the molecule is COc1cc(OC)c([C@@H]2CC(=O)N3CN(C)CSC3=C2C#N)cc1OC. The highest BCUT2D eigenvalue weighted by Gasteiger charge is 2.39. The van der Waals surface area contributed by atoms with E-state index in [1.807, 2.05) is 11.9 Å². The minimum Gasteiger partial charge on any atom is -0.496 e. The summed E-state index contributed by atoms with van der Waals surface area (Å²) in [5.74, 6) is 2.01. The maximum absolute atomic E-state index is 12.7. The third-order valence-electron chi connectivity index (χ3n) is 4.54. The van der Waals surface area contributed by atoms with Crippen LogP contribution in [0.3, 0.4) is 0 Å². The van der Waals surface area contributed by atoms with Crippen molar-refractivity contribution in [2.24, 2.45) is 0 Å². The highest BCUT2D eigenvalue weighted by molar-refractivity contribution is 8.03. The third kappa shape index (κ3) is 3.08. The number of rotatable bonds is 4. The number of methoxy groups -OCH3 is 3. The molecule has 1 amide bonds. The second-order valence-electron chi connectivity index (χ2n) is 6.13. The van der Waals surface area contributed by atoms with Crippen LogP contribution in [0.5, 0.6) is 17.2 Å². The largest absolute Gasteiger partial charge is 0.496 e. The standard InChI is InChI=1S/C18H21N3O4S/c1-20-9-21-17(22)6-11(13(8-19)18(21)26-10-20)12-5-15(24-3)16(25-4)7-14(12)23-2/h5,7,11H,6,9-10H2,1-4H3/t11-/m0/s1. The van der Waals surface area contributed by atoms with Crippen molar-refractivity contribution >= 4 is 17.7 Å². The number of carbonyl (C=O) groups excluding carboxylic acids is 1. The Kier molecular flexibility index (Phi) is 5.30. The lowest BCUT2D eigenvalue weighted by molar-refractivity contribution is -0.131. The number of thioether (sulfide) groups is 1. The summed E-state index contributed by atoms with van der Waals surface area (Å²) in [4.78, 5) is 16.5. The minimum atomic E-state index is -0.371. The van der Waals surface area contributed by atoms with E-state index in [9.17, 15) is 10.1 Å². The summed E-state index contributed by atoms with van der Waals surface area (Å²) < 4.78 is 16.2. The van der Waals surface area contributed by atoms with Crippen molar-refractivity contribution in [1.82, 2.24) is 9.80 Å². The Labute approximate surface area is 157 Å². The smallest absolute Gasteiger partial charge is 0.229 e. The maximum Gasteiger partial charge on any atom is 0.229 e. The lowest BCUT2D eigenvalue weighted by Crippen LogP contribution is -2.45. The number of allylic oxidation sites excluding steroid dienone is 1. The van der Waals surface area contributed by atoms with Crippen LogP contribution in [-0.2, 0) is 4.79 Å². The van der Waals surface area contributed by atoms with Crippen LogP contribution in [0.25, 0.3) is 0 Å². The van der Waals surface area contributed by atoms with E-state index in [2.05, 4.69) is 6.07 Å². The van der Waals surface area contributed by atoms with Gasteiger partial charge in [0, 0.05) is 24.0 Å². The van der Waals surface area contributed by atoms with Crippen molar-refractivity contribution in [3.63, 3.8) is 0 Å². The number of carbonyl (C=O) groups is 1. The summed E-state index contributed by atoms with van der Waals surface area (Å²) in [5, 5.41) is 10.6. The van der Waals surface area contributed by atoms with E-state index >= 15 is 0 Å². The van der Waals surface area contributed by atoms with Crippen LogP contribution in [0, 0.1) is 11.3 Å². The molecule has 7 nitrogen and oxygen atoms in total. The summed E-state index contributed by atoms with van der Waals surface area (Å²) >= 11 is 1.51. The highest BCUT2D eigenvalue weighted by Crippen LogP contribution is 2.47. The molecule has 2 aliphatic rings. The van der Waals surface area contributed by atoms with Crippen molar-refractivity contribution < 1.29 is 19.0 Å². The molecule has 2 heterocycles. The van der Waals surface area contributed by atoms with Crippen LogP contribution < -0.4 is 14.2 Å². The van der Waals surface area contributed by atoms with Crippen LogP contribution in [0.4, 0.5) is 0 Å². The molecule has 138 valence electrons. The number of nitriles is 1. The van der Waals surface area contributed by atoms with E-state index in [1.165, 1.54) is 11.8 Å². The Balaban J connectivity index is 2.13. The molecule has 1 saturated heterocycles. The summed E-state index contributed by atoms with van der Waals surface area (Å²) in [6.07, 6.45) is 0.215. The molecule has 2 aliphatic heterocycles. The van der Waals surface area contributed by atoms with Crippen molar-refractivity contribution in [3.05, 3.63) is 28.3 Å². The molecule has 8 heteroatoms. The number of hydrogen-bond donors (Lipinski definition) is 0. The summed E-state index contributed by atoms with van der Waals surface area (Å²) in [5.41, 5.74) is 1.34. The molecule has 0 aromatic heterocycles. The minimum absolute atomic E-state index is 0.000104. The Morgan fingerprint density at radius 3 is 2.42 bits per heavy atom. The van der Waals surface area contributed by atoms with Crippen molar-refractivity contribution in [2.75, 3.05) is 40.9 Å². The first-order valence-electron chi connectivity index (χ1n) is 8.09. The quantitative estimate of drug-likeness (QED) is 0.800. The van der Waals surface area contributed by atoms with Gasteiger partial charge in [-0.3, -0.25) is 14.6 Å². The molecule has 26 heavy (non-hydrogen) atoms. The maximum atomic E-state index is 12.7. The van der Waals surface area contributed by atoms with E-state index in [0.717, 1.165) is 16.5 Å². The van der Waals surface area contributed by atoms with Crippen LogP contribution in [0.2, 0.25) is 0 Å². The molecule has 0 aliphatic carbocycles. The van der Waals surface area contributed by atoms with E-state index in [4.69, 9.17) is 14.2 Å². The van der Waals surface area contributed by atoms with Crippen LogP contribution >= 0.6 is 11.8 Å². The lowest BCUT2D eigenvalue weighted by atomic mass is 9.85. The zero-order valence-electron chi connectivity index (χ0n) is 15.2. The van der Waals surface area contributed by atoms with Crippen molar-refractivity contribution in [3.8, 4) is 23.3 Å². The first-order chi connectivity index (χ1) is 12.5. The van der Waals surface area contributed by atoms with Crippen LogP contribution in [0.15, 0.2) is 22.7 Å². The zero-order valence-corrected chi connectivity index (χ0v) is 16.1. The lowest BCUT2D eigenvalue weighted by Gasteiger charge is -2.40. The van der Waals surface area contributed by atoms with Gasteiger partial charge in [0.15, 0.2) is 11.5 Å². The Morgan fingerprint density at radius 1 is 1.15 bits per heavy atom.